The van der Waals surface area contributed by atoms with Gasteiger partial charge in [0.25, 0.3) is 0 Å². The van der Waals surface area contributed by atoms with E-state index >= 15 is 0 Å². The molecule has 5 nitrogen and oxygen atoms in total. The van der Waals surface area contributed by atoms with Crippen LogP contribution < -0.4 is 14.8 Å². The fourth-order valence-electron chi connectivity index (χ4n) is 2.85. The summed E-state index contributed by atoms with van der Waals surface area (Å²) in [5.74, 6) is 2.57. The Morgan fingerprint density at radius 1 is 1.14 bits per heavy atom. The van der Waals surface area contributed by atoms with Crippen molar-refractivity contribution in [2.75, 3.05) is 12.1 Å². The van der Waals surface area contributed by atoms with Crippen LogP contribution in [-0.4, -0.2) is 16.3 Å². The Hall–Kier alpha value is -2.69. The van der Waals surface area contributed by atoms with Gasteiger partial charge in [0, 0.05) is 18.8 Å². The molecule has 0 saturated carbocycles. The maximum Gasteiger partial charge on any atom is 0.231 e. The van der Waals surface area contributed by atoms with Crippen LogP contribution in [0.5, 0.6) is 11.5 Å². The third-order valence-electron chi connectivity index (χ3n) is 3.96. The quantitative estimate of drug-likeness (QED) is 0.803. The molecule has 1 aromatic heterocycles. The van der Waals surface area contributed by atoms with Gasteiger partial charge >= 0.3 is 0 Å². The highest BCUT2D eigenvalue weighted by atomic mass is 16.7. The van der Waals surface area contributed by atoms with Crippen LogP contribution in [0.3, 0.4) is 0 Å². The van der Waals surface area contributed by atoms with Gasteiger partial charge in [0.05, 0.1) is 17.1 Å². The zero-order chi connectivity index (χ0) is 15.1. The van der Waals surface area contributed by atoms with Gasteiger partial charge in [-0.15, -0.1) is 0 Å². The van der Waals surface area contributed by atoms with E-state index in [-0.39, 0.29) is 6.04 Å². The number of nitrogens with one attached hydrogen (secondary N) is 1. The molecule has 0 spiro atoms. The fraction of sp³-hybridized carbons (Fsp3) is 0.235. The fourth-order valence-corrected chi connectivity index (χ4v) is 2.85. The molecule has 0 radical (unpaired) electrons. The van der Waals surface area contributed by atoms with Gasteiger partial charge in [-0.1, -0.05) is 12.1 Å². The normalized spacial score (nSPS) is 14.3. The van der Waals surface area contributed by atoms with Crippen molar-refractivity contribution in [2.24, 2.45) is 7.05 Å². The van der Waals surface area contributed by atoms with Crippen molar-refractivity contribution in [2.45, 2.75) is 13.0 Å². The predicted octanol–water partition coefficient (Wildman–Crippen LogP) is 3.48. The number of aromatic nitrogens is 2. The molecular weight excluding hydrogens is 278 g/mol. The molecule has 0 amide bonds. The van der Waals surface area contributed by atoms with Gasteiger partial charge < -0.3 is 19.4 Å². The summed E-state index contributed by atoms with van der Waals surface area (Å²) in [5, 5.41) is 3.47. The lowest BCUT2D eigenvalue weighted by Crippen LogP contribution is -2.11. The molecule has 0 aliphatic carbocycles. The summed E-state index contributed by atoms with van der Waals surface area (Å²) in [6.07, 6.45) is 0. The molecule has 5 heteroatoms. The van der Waals surface area contributed by atoms with E-state index in [1.165, 1.54) is 0 Å². The van der Waals surface area contributed by atoms with E-state index in [2.05, 4.69) is 22.9 Å². The minimum absolute atomic E-state index is 0.0813. The Labute approximate surface area is 128 Å². The van der Waals surface area contributed by atoms with Crippen LogP contribution in [0.25, 0.3) is 11.0 Å². The number of rotatable bonds is 3. The Kier molecular flexibility index (Phi) is 2.92. The molecule has 112 valence electrons. The number of fused-ring (bicyclic) bond motifs is 2. The summed E-state index contributed by atoms with van der Waals surface area (Å²) in [6, 6.07) is 14.1. The van der Waals surface area contributed by atoms with Gasteiger partial charge in [-0.3, -0.25) is 0 Å². The average molecular weight is 295 g/mol. The van der Waals surface area contributed by atoms with Crippen LogP contribution in [0.1, 0.15) is 18.8 Å². The van der Waals surface area contributed by atoms with E-state index in [9.17, 15) is 0 Å². The molecular formula is C17H17N3O2. The summed E-state index contributed by atoms with van der Waals surface area (Å²) in [4.78, 5) is 4.73. The highest BCUT2D eigenvalue weighted by Crippen LogP contribution is 2.35. The Morgan fingerprint density at radius 2 is 1.95 bits per heavy atom. The molecule has 22 heavy (non-hydrogen) atoms. The number of benzene rings is 2. The smallest absolute Gasteiger partial charge is 0.231 e. The van der Waals surface area contributed by atoms with E-state index in [0.717, 1.165) is 34.0 Å². The highest BCUT2D eigenvalue weighted by molar-refractivity contribution is 5.76. The molecule has 1 N–H and O–H groups in total. The molecule has 4 rings (SSSR count). The standard InChI is InChI=1S/C17H17N3O2/c1-11(17-19-13-5-3-4-6-14(13)20(17)2)18-12-7-8-15-16(9-12)22-10-21-15/h3-9,11,18H,10H2,1-2H3. The van der Waals surface area contributed by atoms with Crippen molar-refractivity contribution in [3.63, 3.8) is 0 Å². The predicted molar refractivity (Wildman–Crippen MR) is 85.3 cm³/mol. The zero-order valence-electron chi connectivity index (χ0n) is 12.5. The first-order valence-electron chi connectivity index (χ1n) is 7.30. The first-order chi connectivity index (χ1) is 10.7. The van der Waals surface area contributed by atoms with Crippen molar-refractivity contribution in [3.8, 4) is 11.5 Å². The summed E-state index contributed by atoms with van der Waals surface area (Å²) in [6.45, 7) is 2.39. The summed E-state index contributed by atoms with van der Waals surface area (Å²) in [7, 11) is 2.04. The number of para-hydroxylation sites is 2. The second-order valence-corrected chi connectivity index (χ2v) is 5.45. The zero-order valence-corrected chi connectivity index (χ0v) is 12.5. The van der Waals surface area contributed by atoms with Gasteiger partial charge in [0.1, 0.15) is 5.82 Å². The van der Waals surface area contributed by atoms with E-state index < -0.39 is 0 Å². The topological polar surface area (TPSA) is 48.3 Å². The van der Waals surface area contributed by atoms with Gasteiger partial charge in [0.15, 0.2) is 11.5 Å². The molecule has 1 aliphatic rings. The van der Waals surface area contributed by atoms with Gasteiger partial charge in [-0.05, 0) is 31.2 Å². The second-order valence-electron chi connectivity index (χ2n) is 5.45. The Balaban J connectivity index is 1.63. The van der Waals surface area contributed by atoms with Crippen molar-refractivity contribution >= 4 is 16.7 Å². The van der Waals surface area contributed by atoms with Gasteiger partial charge in [0.2, 0.25) is 6.79 Å². The minimum Gasteiger partial charge on any atom is -0.454 e. The van der Waals surface area contributed by atoms with Crippen molar-refractivity contribution in [1.29, 1.82) is 0 Å². The number of ether oxygens (including phenoxy) is 2. The summed E-state index contributed by atoms with van der Waals surface area (Å²) >= 11 is 0. The lowest BCUT2D eigenvalue weighted by molar-refractivity contribution is 0.174. The molecule has 1 aliphatic heterocycles. The van der Waals surface area contributed by atoms with Crippen LogP contribution in [-0.2, 0) is 7.05 Å². The molecule has 2 aromatic carbocycles. The second kappa shape index (κ2) is 4.94. The molecule has 0 fully saturated rings. The number of aryl methyl sites for hydroxylation is 1. The minimum atomic E-state index is 0.0813. The molecule has 1 unspecified atom stereocenters. The van der Waals surface area contributed by atoms with Crippen LogP contribution >= 0.6 is 0 Å². The Bertz CT molecular complexity index is 841. The first kappa shape index (κ1) is 13.0. The van der Waals surface area contributed by atoms with Gasteiger partial charge in [-0.25, -0.2) is 4.98 Å². The molecule has 1 atom stereocenters. The number of hydrogen-bond donors (Lipinski definition) is 1. The lowest BCUT2D eigenvalue weighted by atomic mass is 10.2. The van der Waals surface area contributed by atoms with Crippen LogP contribution in [0.2, 0.25) is 0 Å². The highest BCUT2D eigenvalue weighted by Gasteiger charge is 2.17. The van der Waals surface area contributed by atoms with Crippen LogP contribution in [0, 0.1) is 0 Å². The first-order valence-corrected chi connectivity index (χ1v) is 7.30. The number of imidazole rings is 1. The Morgan fingerprint density at radius 3 is 2.82 bits per heavy atom. The maximum absolute atomic E-state index is 5.42. The van der Waals surface area contributed by atoms with Crippen molar-refractivity contribution < 1.29 is 9.47 Å². The third kappa shape index (κ3) is 2.06. The van der Waals surface area contributed by atoms with Crippen LogP contribution in [0.15, 0.2) is 42.5 Å². The molecule has 0 bridgehead atoms. The van der Waals surface area contributed by atoms with E-state index in [1.54, 1.807) is 0 Å². The SMILES string of the molecule is CC(Nc1ccc2c(c1)OCO2)c1nc2ccccc2n1C. The van der Waals surface area contributed by atoms with E-state index in [0.29, 0.717) is 6.79 Å². The van der Waals surface area contributed by atoms with Crippen LogP contribution in [0.4, 0.5) is 5.69 Å². The number of anilines is 1. The van der Waals surface area contributed by atoms with Crippen molar-refractivity contribution in [3.05, 3.63) is 48.3 Å². The molecule has 2 heterocycles. The summed E-state index contributed by atoms with van der Waals surface area (Å²) in [5.41, 5.74) is 3.14. The monoisotopic (exact) mass is 295 g/mol. The van der Waals surface area contributed by atoms with E-state index in [1.807, 2.05) is 43.4 Å². The number of nitrogens with zero attached hydrogens (tertiary/aromatic N) is 2. The third-order valence-corrected chi connectivity index (χ3v) is 3.96. The molecule has 0 saturated heterocycles. The maximum atomic E-state index is 5.42. The largest absolute Gasteiger partial charge is 0.454 e. The average Bonchev–Trinajstić information content (AvgIpc) is 3.12. The number of hydrogen-bond acceptors (Lipinski definition) is 4. The van der Waals surface area contributed by atoms with E-state index in [4.69, 9.17) is 14.5 Å². The van der Waals surface area contributed by atoms with Crippen molar-refractivity contribution in [1.82, 2.24) is 9.55 Å². The molecule has 3 aromatic rings. The summed E-state index contributed by atoms with van der Waals surface area (Å²) < 4.78 is 12.9. The van der Waals surface area contributed by atoms with Gasteiger partial charge in [-0.2, -0.15) is 0 Å². The lowest BCUT2D eigenvalue weighted by Gasteiger charge is -2.15.